The molecule has 2 aromatic carbocycles. The van der Waals surface area contributed by atoms with Crippen LogP contribution in [0.25, 0.3) is 22.2 Å². The zero-order valence-electron chi connectivity index (χ0n) is 18.7. The first-order chi connectivity index (χ1) is 16.6. The van der Waals surface area contributed by atoms with E-state index in [9.17, 15) is 4.79 Å². The van der Waals surface area contributed by atoms with Gasteiger partial charge in [0.25, 0.3) is 5.91 Å². The predicted molar refractivity (Wildman–Crippen MR) is 138 cm³/mol. The van der Waals surface area contributed by atoms with Crippen LogP contribution in [0.5, 0.6) is 0 Å². The van der Waals surface area contributed by atoms with Crippen LogP contribution in [0.3, 0.4) is 0 Å². The molecule has 0 saturated heterocycles. The van der Waals surface area contributed by atoms with E-state index < -0.39 is 0 Å². The fourth-order valence-corrected chi connectivity index (χ4v) is 4.44. The third-order valence-corrected chi connectivity index (χ3v) is 6.44. The van der Waals surface area contributed by atoms with E-state index in [0.29, 0.717) is 27.8 Å². The highest BCUT2D eigenvalue weighted by molar-refractivity contribution is 7.11. The highest BCUT2D eigenvalue weighted by Crippen LogP contribution is 2.28. The standard InChI is InChI=1S/C26H24N6OS/c1-17(13-14-18-8-3-2-4-9-18)29-26(33)22-23-25(31-21-12-6-5-11-20(21)30-23)32(24(22)27)28-16-19-10-7-15-34-19/h2-12,15-17H,13-14,27H2,1H3,(H,29,33)/b28-16-/t17-/m1/s1. The van der Waals surface area contributed by atoms with Crippen molar-refractivity contribution in [3.8, 4) is 0 Å². The summed E-state index contributed by atoms with van der Waals surface area (Å²) < 4.78 is 1.50. The molecule has 1 amide bonds. The van der Waals surface area contributed by atoms with Crippen molar-refractivity contribution in [1.82, 2.24) is 20.0 Å². The topological polar surface area (TPSA) is 98.2 Å². The van der Waals surface area contributed by atoms with Crippen molar-refractivity contribution in [1.29, 1.82) is 0 Å². The van der Waals surface area contributed by atoms with Gasteiger partial charge in [-0.05, 0) is 48.9 Å². The summed E-state index contributed by atoms with van der Waals surface area (Å²) in [6, 6.07) is 21.6. The van der Waals surface area contributed by atoms with Gasteiger partial charge in [-0.2, -0.15) is 9.78 Å². The summed E-state index contributed by atoms with van der Waals surface area (Å²) in [5.41, 5.74) is 10.3. The first-order valence-electron chi connectivity index (χ1n) is 11.1. The largest absolute Gasteiger partial charge is 0.383 e. The van der Waals surface area contributed by atoms with E-state index in [-0.39, 0.29) is 17.8 Å². The van der Waals surface area contributed by atoms with E-state index in [1.165, 1.54) is 10.2 Å². The molecule has 5 aromatic rings. The number of thiophene rings is 1. The molecule has 0 aliphatic rings. The van der Waals surface area contributed by atoms with Crippen LogP contribution in [0.2, 0.25) is 0 Å². The highest BCUT2D eigenvalue weighted by atomic mass is 32.1. The summed E-state index contributed by atoms with van der Waals surface area (Å²) >= 11 is 1.56. The predicted octanol–water partition coefficient (Wildman–Crippen LogP) is 4.86. The number of nitrogens with zero attached hydrogens (tertiary/aromatic N) is 4. The molecule has 3 N–H and O–H groups in total. The van der Waals surface area contributed by atoms with Gasteiger partial charge in [-0.25, -0.2) is 9.97 Å². The number of para-hydroxylation sites is 2. The summed E-state index contributed by atoms with van der Waals surface area (Å²) in [5.74, 6) is -0.0661. The van der Waals surface area contributed by atoms with Gasteiger partial charge in [0.15, 0.2) is 5.65 Å². The van der Waals surface area contributed by atoms with E-state index in [1.807, 2.05) is 66.9 Å². The molecule has 8 heteroatoms. The first kappa shape index (κ1) is 21.8. The minimum Gasteiger partial charge on any atom is -0.383 e. The number of rotatable bonds is 7. The molecule has 0 spiro atoms. The number of carbonyl (C=O) groups excluding carboxylic acids is 1. The zero-order chi connectivity index (χ0) is 23.5. The second-order valence-corrected chi connectivity index (χ2v) is 9.09. The molecule has 3 aromatic heterocycles. The molecular formula is C26H24N6OS. The Hall–Kier alpha value is -4.04. The van der Waals surface area contributed by atoms with Crippen LogP contribution in [0, 0.1) is 0 Å². The number of carbonyl (C=O) groups is 1. The number of hydrogen-bond donors (Lipinski definition) is 2. The van der Waals surface area contributed by atoms with Gasteiger partial charge in [-0.3, -0.25) is 4.79 Å². The fourth-order valence-electron chi connectivity index (χ4n) is 3.86. The monoisotopic (exact) mass is 468 g/mol. The number of hydrogen-bond acceptors (Lipinski definition) is 6. The Morgan fingerprint density at radius 3 is 2.56 bits per heavy atom. The number of amides is 1. The lowest BCUT2D eigenvalue weighted by Crippen LogP contribution is -2.33. The molecule has 34 heavy (non-hydrogen) atoms. The summed E-state index contributed by atoms with van der Waals surface area (Å²) in [7, 11) is 0. The van der Waals surface area contributed by atoms with Gasteiger partial charge in [-0.1, -0.05) is 48.5 Å². The number of nitrogens with two attached hydrogens (primary N) is 1. The van der Waals surface area contributed by atoms with Gasteiger partial charge in [0.1, 0.15) is 16.9 Å². The second-order valence-electron chi connectivity index (χ2n) is 8.12. The van der Waals surface area contributed by atoms with Crippen molar-refractivity contribution in [2.45, 2.75) is 25.8 Å². The number of benzene rings is 2. The lowest BCUT2D eigenvalue weighted by atomic mass is 10.1. The average Bonchev–Trinajstić information content (AvgIpc) is 3.46. The minimum absolute atomic E-state index is 0.0476. The Morgan fingerprint density at radius 1 is 1.09 bits per heavy atom. The minimum atomic E-state index is -0.280. The van der Waals surface area contributed by atoms with Crippen molar-refractivity contribution < 1.29 is 4.79 Å². The van der Waals surface area contributed by atoms with Crippen molar-refractivity contribution in [3.05, 3.63) is 88.1 Å². The first-order valence-corrected chi connectivity index (χ1v) is 12.0. The molecule has 0 fully saturated rings. The maximum Gasteiger partial charge on any atom is 0.257 e. The maximum atomic E-state index is 13.4. The quantitative estimate of drug-likeness (QED) is 0.333. The highest BCUT2D eigenvalue weighted by Gasteiger charge is 2.25. The van der Waals surface area contributed by atoms with E-state index in [2.05, 4.69) is 22.6 Å². The van der Waals surface area contributed by atoms with Gasteiger partial charge < -0.3 is 11.1 Å². The van der Waals surface area contributed by atoms with Crippen LogP contribution >= 0.6 is 11.3 Å². The van der Waals surface area contributed by atoms with Gasteiger partial charge in [0.05, 0.1) is 17.2 Å². The van der Waals surface area contributed by atoms with Crippen LogP contribution in [0.4, 0.5) is 5.82 Å². The number of nitrogen functional groups attached to an aromatic ring is 1. The molecule has 0 unspecified atom stereocenters. The number of anilines is 1. The molecule has 5 rings (SSSR count). The number of fused-ring (bicyclic) bond motifs is 2. The Labute approximate surface area is 201 Å². The molecule has 3 heterocycles. The molecule has 1 atom stereocenters. The number of nitrogens with one attached hydrogen (secondary N) is 1. The van der Waals surface area contributed by atoms with Crippen LogP contribution in [-0.4, -0.2) is 32.8 Å². The van der Waals surface area contributed by atoms with Crippen LogP contribution in [-0.2, 0) is 6.42 Å². The van der Waals surface area contributed by atoms with Gasteiger partial charge in [-0.15, -0.1) is 11.3 Å². The summed E-state index contributed by atoms with van der Waals surface area (Å²) in [6.45, 7) is 1.99. The molecular weight excluding hydrogens is 444 g/mol. The summed E-state index contributed by atoms with van der Waals surface area (Å²) in [5, 5.41) is 9.59. The normalized spacial score (nSPS) is 12.5. The SMILES string of the molecule is C[C@H](CCc1ccccc1)NC(=O)c1c(N)n(/N=C\c2cccs2)c2nc3ccccc3nc12. The Morgan fingerprint density at radius 2 is 1.82 bits per heavy atom. The van der Waals surface area contributed by atoms with Gasteiger partial charge in [0, 0.05) is 10.9 Å². The molecule has 170 valence electrons. The Balaban J connectivity index is 1.49. The number of aryl methyl sites for hydroxylation is 1. The van der Waals surface area contributed by atoms with Gasteiger partial charge in [0.2, 0.25) is 0 Å². The zero-order valence-corrected chi connectivity index (χ0v) is 19.5. The average molecular weight is 469 g/mol. The smallest absolute Gasteiger partial charge is 0.257 e. The molecule has 0 aliphatic carbocycles. The van der Waals surface area contributed by atoms with Crippen molar-refractivity contribution in [2.24, 2.45) is 5.10 Å². The summed E-state index contributed by atoms with van der Waals surface area (Å²) in [6.07, 6.45) is 3.38. The number of aromatic nitrogens is 3. The second kappa shape index (κ2) is 9.44. The third-order valence-electron chi connectivity index (χ3n) is 5.63. The summed E-state index contributed by atoms with van der Waals surface area (Å²) in [4.78, 5) is 23.8. The lowest BCUT2D eigenvalue weighted by molar-refractivity contribution is 0.0940. The van der Waals surface area contributed by atoms with Gasteiger partial charge >= 0.3 is 0 Å². The maximum absolute atomic E-state index is 13.4. The Kier molecular flexibility index (Phi) is 6.05. The van der Waals surface area contributed by atoms with E-state index in [0.717, 1.165) is 17.7 Å². The van der Waals surface area contributed by atoms with E-state index in [1.54, 1.807) is 17.6 Å². The third kappa shape index (κ3) is 4.40. The van der Waals surface area contributed by atoms with Crippen molar-refractivity contribution >= 4 is 51.5 Å². The molecule has 0 radical (unpaired) electrons. The molecule has 0 saturated carbocycles. The van der Waals surface area contributed by atoms with Crippen molar-refractivity contribution in [3.63, 3.8) is 0 Å². The Bertz CT molecular complexity index is 1470. The molecule has 7 nitrogen and oxygen atoms in total. The van der Waals surface area contributed by atoms with E-state index in [4.69, 9.17) is 15.7 Å². The lowest BCUT2D eigenvalue weighted by Gasteiger charge is -2.14. The molecule has 0 bridgehead atoms. The van der Waals surface area contributed by atoms with Crippen molar-refractivity contribution in [2.75, 3.05) is 5.73 Å². The van der Waals surface area contributed by atoms with Crippen LogP contribution in [0.1, 0.15) is 34.1 Å². The van der Waals surface area contributed by atoms with Crippen LogP contribution < -0.4 is 11.1 Å². The van der Waals surface area contributed by atoms with E-state index >= 15 is 0 Å². The van der Waals surface area contributed by atoms with Crippen LogP contribution in [0.15, 0.2) is 77.2 Å². The molecule has 0 aliphatic heterocycles. The fraction of sp³-hybridized carbons (Fsp3) is 0.154.